The lowest BCUT2D eigenvalue weighted by molar-refractivity contribution is -0.122. The lowest BCUT2D eigenvalue weighted by Crippen LogP contribution is -2.41. The summed E-state index contributed by atoms with van der Waals surface area (Å²) in [6.07, 6.45) is 0. The molecule has 5 nitrogen and oxygen atoms in total. The number of benzene rings is 3. The van der Waals surface area contributed by atoms with E-state index >= 15 is 0 Å². The highest BCUT2D eigenvalue weighted by molar-refractivity contribution is 7.89. The van der Waals surface area contributed by atoms with Gasteiger partial charge < -0.3 is 5.32 Å². The van der Waals surface area contributed by atoms with Crippen LogP contribution >= 0.6 is 34.8 Å². The molecule has 0 saturated carbocycles. The predicted octanol–water partition coefficient (Wildman–Crippen LogP) is 5.72. The van der Waals surface area contributed by atoms with E-state index in [2.05, 4.69) is 5.32 Å². The van der Waals surface area contributed by atoms with Gasteiger partial charge in [0.1, 0.15) is 0 Å². The molecule has 0 radical (unpaired) electrons. The van der Waals surface area contributed by atoms with Gasteiger partial charge in [0.2, 0.25) is 15.9 Å². The molecule has 0 spiro atoms. The molecule has 168 valence electrons. The summed E-state index contributed by atoms with van der Waals surface area (Å²) in [6, 6.07) is 19.8. The summed E-state index contributed by atoms with van der Waals surface area (Å²) in [5, 5.41) is 3.92. The van der Waals surface area contributed by atoms with Gasteiger partial charge in [-0.2, -0.15) is 4.31 Å². The van der Waals surface area contributed by atoms with Gasteiger partial charge in [0, 0.05) is 11.6 Å². The SMILES string of the molecule is C[C@@H](NC(=O)CN(Cc1ccc(Cl)c(Cl)c1)S(=O)(=O)c1ccc(Cl)cc1)c1ccccc1. The molecule has 0 aliphatic rings. The highest BCUT2D eigenvalue weighted by atomic mass is 35.5. The van der Waals surface area contributed by atoms with Crippen LogP contribution in [0.4, 0.5) is 0 Å². The van der Waals surface area contributed by atoms with Crippen molar-refractivity contribution in [2.45, 2.75) is 24.4 Å². The Labute approximate surface area is 203 Å². The fraction of sp³-hybridized carbons (Fsp3) is 0.174. The van der Waals surface area contributed by atoms with Crippen LogP contribution in [0.5, 0.6) is 0 Å². The van der Waals surface area contributed by atoms with Crippen molar-refractivity contribution < 1.29 is 13.2 Å². The van der Waals surface area contributed by atoms with Crippen molar-refractivity contribution in [2.75, 3.05) is 6.54 Å². The van der Waals surface area contributed by atoms with Crippen molar-refractivity contribution in [3.8, 4) is 0 Å². The fourth-order valence-corrected chi connectivity index (χ4v) is 4.93. The van der Waals surface area contributed by atoms with E-state index in [9.17, 15) is 13.2 Å². The summed E-state index contributed by atoms with van der Waals surface area (Å²) < 4.78 is 27.8. The maximum Gasteiger partial charge on any atom is 0.243 e. The molecular weight excluding hydrogens is 491 g/mol. The van der Waals surface area contributed by atoms with E-state index in [0.29, 0.717) is 20.6 Å². The number of carbonyl (C=O) groups excluding carboxylic acids is 1. The van der Waals surface area contributed by atoms with Gasteiger partial charge in [0.15, 0.2) is 0 Å². The Kier molecular flexibility index (Phi) is 8.20. The molecule has 3 rings (SSSR count). The van der Waals surface area contributed by atoms with Crippen LogP contribution in [0.3, 0.4) is 0 Å². The van der Waals surface area contributed by atoms with E-state index < -0.39 is 15.9 Å². The topological polar surface area (TPSA) is 66.5 Å². The van der Waals surface area contributed by atoms with E-state index in [1.54, 1.807) is 18.2 Å². The minimum atomic E-state index is -4.00. The summed E-state index contributed by atoms with van der Waals surface area (Å²) >= 11 is 18.0. The van der Waals surface area contributed by atoms with Gasteiger partial charge in [-0.3, -0.25) is 4.79 Å². The van der Waals surface area contributed by atoms with Crippen LogP contribution in [0.15, 0.2) is 77.7 Å². The van der Waals surface area contributed by atoms with Gasteiger partial charge in [-0.25, -0.2) is 8.42 Å². The average molecular weight is 512 g/mol. The first-order valence-corrected chi connectivity index (χ1v) is 12.3. The minimum absolute atomic E-state index is 0.0332. The molecule has 0 aliphatic heterocycles. The van der Waals surface area contributed by atoms with Crippen LogP contribution in [0.1, 0.15) is 24.1 Å². The molecule has 0 bridgehead atoms. The van der Waals surface area contributed by atoms with Crippen molar-refractivity contribution in [3.05, 3.63) is 99.0 Å². The normalized spacial score (nSPS) is 12.5. The van der Waals surface area contributed by atoms with Gasteiger partial charge in [-0.05, 0) is 54.4 Å². The van der Waals surface area contributed by atoms with Crippen molar-refractivity contribution in [3.63, 3.8) is 0 Å². The average Bonchev–Trinajstić information content (AvgIpc) is 2.76. The standard InChI is InChI=1S/C23H21Cl3N2O3S/c1-16(18-5-3-2-4-6-18)27-23(29)15-28(14-17-7-12-21(25)22(26)13-17)32(30,31)20-10-8-19(24)9-11-20/h2-13,16H,14-15H2,1H3,(H,27,29)/t16-/m1/s1. The molecule has 0 aliphatic carbocycles. The number of nitrogens with one attached hydrogen (secondary N) is 1. The molecule has 1 atom stereocenters. The number of amides is 1. The van der Waals surface area contributed by atoms with Gasteiger partial charge in [-0.15, -0.1) is 0 Å². The van der Waals surface area contributed by atoms with E-state index in [1.807, 2.05) is 37.3 Å². The molecule has 0 heterocycles. The lowest BCUT2D eigenvalue weighted by atomic mass is 10.1. The molecular formula is C23H21Cl3N2O3S. The predicted molar refractivity (Wildman–Crippen MR) is 129 cm³/mol. The highest BCUT2D eigenvalue weighted by Gasteiger charge is 2.27. The van der Waals surface area contributed by atoms with Crippen molar-refractivity contribution >= 4 is 50.7 Å². The third kappa shape index (κ3) is 6.24. The van der Waals surface area contributed by atoms with Crippen LogP contribution in [0.25, 0.3) is 0 Å². The Morgan fingerprint density at radius 1 is 0.938 bits per heavy atom. The second kappa shape index (κ2) is 10.7. The third-order valence-electron chi connectivity index (χ3n) is 4.79. The highest BCUT2D eigenvalue weighted by Crippen LogP contribution is 2.25. The number of hydrogen-bond donors (Lipinski definition) is 1. The van der Waals surface area contributed by atoms with Crippen LogP contribution in [0, 0.1) is 0 Å². The summed E-state index contributed by atoms with van der Waals surface area (Å²) in [6.45, 7) is 1.40. The summed E-state index contributed by atoms with van der Waals surface area (Å²) in [7, 11) is -4.00. The summed E-state index contributed by atoms with van der Waals surface area (Å²) in [5.74, 6) is -0.432. The first kappa shape index (κ1) is 24.6. The minimum Gasteiger partial charge on any atom is -0.348 e. The third-order valence-corrected chi connectivity index (χ3v) is 7.59. The molecule has 3 aromatic carbocycles. The molecule has 1 amide bonds. The van der Waals surface area contributed by atoms with Crippen LogP contribution in [0.2, 0.25) is 15.1 Å². The molecule has 1 N–H and O–H groups in total. The molecule has 0 aromatic heterocycles. The van der Waals surface area contributed by atoms with Crippen LogP contribution < -0.4 is 5.32 Å². The number of sulfonamides is 1. The largest absolute Gasteiger partial charge is 0.348 e. The number of rotatable bonds is 8. The van der Waals surface area contributed by atoms with E-state index in [0.717, 1.165) is 9.87 Å². The maximum absolute atomic E-state index is 13.3. The summed E-state index contributed by atoms with van der Waals surface area (Å²) in [5.41, 5.74) is 1.51. The Morgan fingerprint density at radius 3 is 2.22 bits per heavy atom. The number of halogens is 3. The maximum atomic E-state index is 13.3. The zero-order valence-corrected chi connectivity index (χ0v) is 20.2. The first-order valence-electron chi connectivity index (χ1n) is 9.71. The second-order valence-corrected chi connectivity index (χ2v) is 10.4. The fourth-order valence-electron chi connectivity index (χ4n) is 3.10. The van der Waals surface area contributed by atoms with Crippen molar-refractivity contribution in [2.24, 2.45) is 0 Å². The van der Waals surface area contributed by atoms with Crippen LogP contribution in [-0.4, -0.2) is 25.2 Å². The number of hydrogen-bond acceptors (Lipinski definition) is 3. The van der Waals surface area contributed by atoms with E-state index in [1.165, 1.54) is 24.3 Å². The molecule has 3 aromatic rings. The lowest BCUT2D eigenvalue weighted by Gasteiger charge is -2.23. The van der Waals surface area contributed by atoms with E-state index in [4.69, 9.17) is 34.8 Å². The number of carbonyl (C=O) groups is 1. The van der Waals surface area contributed by atoms with Crippen molar-refractivity contribution in [1.82, 2.24) is 9.62 Å². The monoisotopic (exact) mass is 510 g/mol. The van der Waals surface area contributed by atoms with Gasteiger partial charge in [0.05, 0.1) is 27.5 Å². The quantitative estimate of drug-likeness (QED) is 0.421. The Balaban J connectivity index is 1.86. The van der Waals surface area contributed by atoms with Gasteiger partial charge in [-0.1, -0.05) is 71.2 Å². The smallest absolute Gasteiger partial charge is 0.243 e. The number of nitrogens with zero attached hydrogens (tertiary/aromatic N) is 1. The van der Waals surface area contributed by atoms with E-state index in [-0.39, 0.29) is 24.0 Å². The summed E-state index contributed by atoms with van der Waals surface area (Å²) in [4.78, 5) is 12.8. The molecule has 0 fully saturated rings. The second-order valence-electron chi connectivity index (χ2n) is 7.18. The van der Waals surface area contributed by atoms with Gasteiger partial charge in [0.25, 0.3) is 0 Å². The molecule has 32 heavy (non-hydrogen) atoms. The zero-order chi connectivity index (χ0) is 23.3. The Hall–Kier alpha value is -2.09. The van der Waals surface area contributed by atoms with Crippen LogP contribution in [-0.2, 0) is 21.4 Å². The first-order chi connectivity index (χ1) is 15.2. The Morgan fingerprint density at radius 2 is 1.59 bits per heavy atom. The Bertz CT molecular complexity index is 1190. The van der Waals surface area contributed by atoms with Crippen molar-refractivity contribution in [1.29, 1.82) is 0 Å². The molecule has 0 saturated heterocycles. The molecule has 0 unspecified atom stereocenters. The molecule has 9 heteroatoms. The van der Waals surface area contributed by atoms with Gasteiger partial charge >= 0.3 is 0 Å². The zero-order valence-electron chi connectivity index (χ0n) is 17.1.